The Balaban J connectivity index is 2.92. The Kier molecular flexibility index (Phi) is 2.68. The fraction of sp³-hybridized carbons (Fsp3) is 0.286. The molecule has 58 valence electrons. The van der Waals surface area contributed by atoms with Crippen molar-refractivity contribution in [1.82, 2.24) is 4.98 Å². The number of hydrogen-bond donors (Lipinski definition) is 2. The number of aliphatic hydroxyl groups excluding tert-OH is 1. The normalized spacial score (nSPS) is 9.55. The smallest absolute Gasteiger partial charge is 0.102 e. The highest BCUT2D eigenvalue weighted by molar-refractivity contribution is 5.18. The van der Waals surface area contributed by atoms with Gasteiger partial charge in [0.1, 0.15) is 6.54 Å². The molecule has 0 atom stereocenters. The Morgan fingerprint density at radius 1 is 1.64 bits per heavy atom. The van der Waals surface area contributed by atoms with Crippen LogP contribution in [0.5, 0.6) is 0 Å². The van der Waals surface area contributed by atoms with E-state index >= 15 is 0 Å². The molecule has 0 amide bonds. The van der Waals surface area contributed by atoms with E-state index in [0.717, 1.165) is 5.56 Å². The van der Waals surface area contributed by atoms with E-state index in [-0.39, 0.29) is 13.2 Å². The molecule has 0 saturated carbocycles. The van der Waals surface area contributed by atoms with Crippen molar-refractivity contribution in [3.05, 3.63) is 29.6 Å². The monoisotopic (exact) mass is 151 g/mol. The summed E-state index contributed by atoms with van der Waals surface area (Å²) < 4.78 is 0. The van der Waals surface area contributed by atoms with Crippen molar-refractivity contribution in [3.8, 4) is 0 Å². The van der Waals surface area contributed by atoms with Crippen LogP contribution in [0.1, 0.15) is 11.3 Å². The van der Waals surface area contributed by atoms with Gasteiger partial charge in [0.2, 0.25) is 0 Å². The molecule has 0 unspecified atom stereocenters. The zero-order chi connectivity index (χ0) is 8.10. The Bertz CT molecular complexity index is 249. The third-order valence-electron chi connectivity index (χ3n) is 1.38. The van der Waals surface area contributed by atoms with Crippen LogP contribution in [0.2, 0.25) is 0 Å². The molecule has 4 nitrogen and oxygen atoms in total. The number of nitrogens with one attached hydrogen (secondary N) is 1. The Morgan fingerprint density at radius 3 is 3.09 bits per heavy atom. The van der Waals surface area contributed by atoms with Crippen molar-refractivity contribution < 1.29 is 5.11 Å². The van der Waals surface area contributed by atoms with Gasteiger partial charge in [-0.25, -0.2) is 5.53 Å². The molecule has 0 aromatic carbocycles. The van der Waals surface area contributed by atoms with Crippen LogP contribution >= 0.6 is 0 Å². The molecular weight excluding hydrogens is 142 g/mol. The predicted molar refractivity (Wildman–Crippen MR) is 39.0 cm³/mol. The van der Waals surface area contributed by atoms with E-state index in [0.29, 0.717) is 5.69 Å². The van der Waals surface area contributed by atoms with Gasteiger partial charge in [-0.2, -0.15) is 5.11 Å². The number of aromatic nitrogens is 1. The molecule has 0 radical (unpaired) electrons. The second-order valence-corrected chi connectivity index (χ2v) is 2.08. The third-order valence-corrected chi connectivity index (χ3v) is 1.38. The summed E-state index contributed by atoms with van der Waals surface area (Å²) in [6, 6.07) is 3.52. The Morgan fingerprint density at radius 2 is 2.45 bits per heavy atom. The molecular formula is C7H9N3O. The molecule has 11 heavy (non-hydrogen) atoms. The molecule has 1 aromatic heterocycles. The number of nitrogens with zero attached hydrogens (tertiary/aromatic N) is 2. The lowest BCUT2D eigenvalue weighted by Gasteiger charge is -2.00. The summed E-state index contributed by atoms with van der Waals surface area (Å²) in [6.07, 6.45) is 1.62. The second-order valence-electron chi connectivity index (χ2n) is 2.08. The highest BCUT2D eigenvalue weighted by Crippen LogP contribution is 2.05. The third kappa shape index (κ3) is 1.81. The molecule has 0 bridgehead atoms. The number of pyridine rings is 1. The first kappa shape index (κ1) is 7.81. The second kappa shape index (κ2) is 3.78. The average molecular weight is 151 g/mol. The molecule has 2 N–H and O–H groups in total. The summed E-state index contributed by atoms with van der Waals surface area (Å²) in [4.78, 5) is 3.97. The van der Waals surface area contributed by atoms with Gasteiger partial charge in [0.15, 0.2) is 0 Å². The van der Waals surface area contributed by atoms with Crippen LogP contribution in [0.25, 0.3) is 0 Å². The quantitative estimate of drug-likeness (QED) is 0.635. The minimum atomic E-state index is -0.0430. The molecule has 0 aliphatic rings. The molecule has 0 aliphatic carbocycles. The van der Waals surface area contributed by atoms with Gasteiger partial charge in [-0.3, -0.25) is 4.98 Å². The maximum absolute atomic E-state index is 8.80. The minimum absolute atomic E-state index is 0.0430. The number of hydrogen-bond acceptors (Lipinski definition) is 4. The van der Waals surface area contributed by atoms with E-state index in [4.69, 9.17) is 10.6 Å². The predicted octanol–water partition coefficient (Wildman–Crippen LogP) is 1.10. The van der Waals surface area contributed by atoms with E-state index in [1.807, 2.05) is 0 Å². The highest BCUT2D eigenvalue weighted by atomic mass is 16.3. The lowest BCUT2D eigenvalue weighted by atomic mass is 10.2. The van der Waals surface area contributed by atoms with Gasteiger partial charge < -0.3 is 5.11 Å². The molecule has 1 rings (SSSR count). The van der Waals surface area contributed by atoms with Crippen LogP contribution in [0.4, 0.5) is 0 Å². The highest BCUT2D eigenvalue weighted by Gasteiger charge is 1.99. The van der Waals surface area contributed by atoms with Crippen LogP contribution in [-0.4, -0.2) is 10.1 Å². The van der Waals surface area contributed by atoms with Crippen molar-refractivity contribution in [2.24, 2.45) is 5.11 Å². The van der Waals surface area contributed by atoms with Crippen LogP contribution in [0, 0.1) is 5.53 Å². The number of rotatable bonds is 3. The van der Waals surface area contributed by atoms with Gasteiger partial charge in [-0.15, -0.1) is 0 Å². The van der Waals surface area contributed by atoms with Crippen molar-refractivity contribution in [3.63, 3.8) is 0 Å². The van der Waals surface area contributed by atoms with E-state index in [1.165, 1.54) is 0 Å². The van der Waals surface area contributed by atoms with E-state index < -0.39 is 0 Å². The SMILES string of the molecule is N=NCc1ncccc1CO. The van der Waals surface area contributed by atoms with Gasteiger partial charge >= 0.3 is 0 Å². The van der Waals surface area contributed by atoms with Crippen molar-refractivity contribution >= 4 is 0 Å². The minimum Gasteiger partial charge on any atom is -0.392 e. The van der Waals surface area contributed by atoms with Crippen LogP contribution < -0.4 is 0 Å². The van der Waals surface area contributed by atoms with E-state index in [2.05, 4.69) is 10.1 Å². The molecule has 0 spiro atoms. The summed E-state index contributed by atoms with van der Waals surface area (Å²) in [5.41, 5.74) is 8.03. The largest absolute Gasteiger partial charge is 0.392 e. The first-order valence-electron chi connectivity index (χ1n) is 3.25. The van der Waals surface area contributed by atoms with Gasteiger partial charge in [-0.1, -0.05) is 6.07 Å². The average Bonchev–Trinajstić information content (AvgIpc) is 2.06. The molecule has 1 heterocycles. The zero-order valence-corrected chi connectivity index (χ0v) is 5.99. The summed E-state index contributed by atoms with van der Waals surface area (Å²) in [7, 11) is 0. The fourth-order valence-electron chi connectivity index (χ4n) is 0.833. The maximum atomic E-state index is 8.80. The first-order valence-corrected chi connectivity index (χ1v) is 3.25. The standard InChI is InChI=1S/C7H9N3O/c8-10-4-7-6(5-11)2-1-3-9-7/h1-3,8,11H,4-5H2. The zero-order valence-electron chi connectivity index (χ0n) is 5.99. The maximum Gasteiger partial charge on any atom is 0.102 e. The summed E-state index contributed by atoms with van der Waals surface area (Å²) in [6.45, 7) is 0.204. The summed E-state index contributed by atoms with van der Waals surface area (Å²) >= 11 is 0. The first-order chi connectivity index (χ1) is 5.38. The lowest BCUT2D eigenvalue weighted by molar-refractivity contribution is 0.280. The molecule has 0 saturated heterocycles. The lowest BCUT2D eigenvalue weighted by Crippen LogP contribution is -1.94. The van der Waals surface area contributed by atoms with Gasteiger partial charge in [0, 0.05) is 11.8 Å². The summed E-state index contributed by atoms with van der Waals surface area (Å²) in [5, 5.41) is 12.0. The molecule has 4 heteroatoms. The Hall–Kier alpha value is -1.29. The van der Waals surface area contributed by atoms with E-state index in [9.17, 15) is 0 Å². The van der Waals surface area contributed by atoms with Gasteiger partial charge in [0.25, 0.3) is 0 Å². The number of aliphatic hydroxyl groups is 1. The van der Waals surface area contributed by atoms with Gasteiger partial charge in [-0.05, 0) is 6.07 Å². The van der Waals surface area contributed by atoms with Crippen molar-refractivity contribution in [2.75, 3.05) is 0 Å². The van der Waals surface area contributed by atoms with Crippen molar-refractivity contribution in [1.29, 1.82) is 5.53 Å². The molecule has 0 aliphatic heterocycles. The Labute approximate surface area is 64.4 Å². The van der Waals surface area contributed by atoms with E-state index in [1.54, 1.807) is 18.3 Å². The molecule has 1 aromatic rings. The fourth-order valence-corrected chi connectivity index (χ4v) is 0.833. The van der Waals surface area contributed by atoms with Crippen LogP contribution in [0.15, 0.2) is 23.4 Å². The molecule has 0 fully saturated rings. The van der Waals surface area contributed by atoms with Crippen LogP contribution in [0.3, 0.4) is 0 Å². The van der Waals surface area contributed by atoms with Crippen molar-refractivity contribution in [2.45, 2.75) is 13.2 Å². The topological polar surface area (TPSA) is 69.3 Å². The summed E-state index contributed by atoms with van der Waals surface area (Å²) in [5.74, 6) is 0. The van der Waals surface area contributed by atoms with Crippen LogP contribution in [-0.2, 0) is 13.2 Å². The van der Waals surface area contributed by atoms with Gasteiger partial charge in [0.05, 0.1) is 12.3 Å².